The molecule has 0 aliphatic carbocycles. The molecule has 0 aromatic heterocycles. The number of alkyl halides is 8. The molecule has 0 saturated heterocycles. The van der Waals surface area contributed by atoms with Gasteiger partial charge in [-0.25, -0.2) is 9.59 Å². The van der Waals surface area contributed by atoms with E-state index in [9.17, 15) is 49.8 Å². The van der Waals surface area contributed by atoms with Crippen molar-refractivity contribution >= 4 is 57.1 Å². The first-order valence-corrected chi connectivity index (χ1v) is 12.1. The van der Waals surface area contributed by atoms with Crippen molar-refractivity contribution in [2.24, 2.45) is 5.92 Å². The Morgan fingerprint density at radius 1 is 0.838 bits per heavy atom. The lowest BCUT2D eigenvalue weighted by Gasteiger charge is -2.38. The van der Waals surface area contributed by atoms with Crippen LogP contribution < -0.4 is 0 Å². The summed E-state index contributed by atoms with van der Waals surface area (Å²) in [7, 11) is 0. The average molecular weight is 766 g/mol. The van der Waals surface area contributed by atoms with Crippen LogP contribution in [0, 0.1) is 13.1 Å². The number of carbonyl (C=O) groups is 2. The Morgan fingerprint density at radius 2 is 1.30 bits per heavy atom. The number of phenolic OH excluding ortho intramolecular Hbond substituents is 1. The van der Waals surface area contributed by atoms with Crippen LogP contribution in [-0.2, 0) is 14.9 Å². The second kappa shape index (κ2) is 10.7. The largest absolute Gasteiger partial charge is 0.507 e. The molecule has 1 atom stereocenters. The number of aromatic hydroxyl groups is 1. The fourth-order valence-electron chi connectivity index (χ4n) is 3.57. The van der Waals surface area contributed by atoms with Crippen molar-refractivity contribution in [1.82, 2.24) is 0 Å². The molecule has 0 radical (unpaired) electrons. The molecule has 0 fully saturated rings. The van der Waals surface area contributed by atoms with Crippen LogP contribution in [-0.4, -0.2) is 46.5 Å². The second-order valence-corrected chi connectivity index (χ2v) is 10.4. The van der Waals surface area contributed by atoms with Crippen LogP contribution in [0.15, 0.2) is 36.4 Å². The van der Waals surface area contributed by atoms with Crippen LogP contribution in [0.2, 0.25) is 0 Å². The van der Waals surface area contributed by atoms with Crippen molar-refractivity contribution in [1.29, 1.82) is 0 Å². The molecular weight excluding hydrogens is 750 g/mol. The quantitative estimate of drug-likeness (QED) is 0.182. The monoisotopic (exact) mass is 766 g/mol. The average Bonchev–Trinajstić information content (AvgIpc) is 2.72. The molecule has 15 heteroatoms. The molecule has 2 rings (SSSR count). The Hall–Kier alpha value is -1.92. The number of carbonyl (C=O) groups excluding carboxylic acids is 1. The van der Waals surface area contributed by atoms with Crippen LogP contribution in [0.25, 0.3) is 0 Å². The minimum atomic E-state index is -5.96. The predicted octanol–water partition coefficient (Wildman–Crippen LogP) is 6.91. The van der Waals surface area contributed by atoms with E-state index >= 15 is 0 Å². The third kappa shape index (κ3) is 5.75. The number of benzene rings is 2. The first kappa shape index (κ1) is 31.3. The number of phenols is 1. The van der Waals surface area contributed by atoms with E-state index in [4.69, 9.17) is 5.11 Å². The van der Waals surface area contributed by atoms with E-state index in [1.807, 2.05) is 0 Å². The van der Waals surface area contributed by atoms with Gasteiger partial charge in [0.1, 0.15) is 5.75 Å². The second-order valence-electron chi connectivity index (χ2n) is 8.10. The summed E-state index contributed by atoms with van der Waals surface area (Å²) < 4.78 is 118. The van der Waals surface area contributed by atoms with E-state index in [1.54, 1.807) is 0 Å². The van der Waals surface area contributed by atoms with Crippen LogP contribution in [0.1, 0.15) is 35.3 Å². The van der Waals surface area contributed by atoms with E-state index < -0.39 is 73.7 Å². The van der Waals surface area contributed by atoms with Gasteiger partial charge >= 0.3 is 30.2 Å². The topological polar surface area (TPSA) is 83.8 Å². The van der Waals surface area contributed by atoms with Crippen molar-refractivity contribution in [2.45, 2.75) is 43.6 Å². The molecule has 2 aromatic rings. The molecule has 0 aliphatic heterocycles. The number of rotatable bonds is 7. The number of ether oxygens (including phenoxy) is 1. The Balaban J connectivity index is 2.71. The van der Waals surface area contributed by atoms with E-state index in [1.165, 1.54) is 45.2 Å². The van der Waals surface area contributed by atoms with Gasteiger partial charge in [-0.2, -0.15) is 35.1 Å². The lowest BCUT2D eigenvalue weighted by atomic mass is 9.72. The van der Waals surface area contributed by atoms with Gasteiger partial charge < -0.3 is 14.9 Å². The van der Waals surface area contributed by atoms with E-state index in [0.717, 1.165) is 13.8 Å². The number of esters is 1. The maximum Gasteiger partial charge on any atom is 0.411 e. The lowest BCUT2D eigenvalue weighted by molar-refractivity contribution is -0.288. The molecule has 0 spiro atoms. The fourth-order valence-corrected chi connectivity index (χ4v) is 4.82. The molecule has 0 bridgehead atoms. The molecule has 37 heavy (non-hydrogen) atoms. The van der Waals surface area contributed by atoms with Crippen LogP contribution >= 0.6 is 45.2 Å². The highest BCUT2D eigenvalue weighted by atomic mass is 127. The van der Waals surface area contributed by atoms with Gasteiger partial charge in [-0.05, 0) is 86.5 Å². The van der Waals surface area contributed by atoms with E-state index in [2.05, 4.69) is 4.74 Å². The Kier molecular flexibility index (Phi) is 9.04. The summed E-state index contributed by atoms with van der Waals surface area (Å²) in [5.41, 5.74) is -7.85. The SMILES string of the molecule is CC(C)C(OC(=O)c1ccc(C(c2ccc(O)c(I)c2)(C(F)(F)F)C(F)(F)F)cc1I)C(F)(F)C(=O)O. The molecule has 5 nitrogen and oxygen atoms in total. The van der Waals surface area contributed by atoms with Gasteiger partial charge in [0.05, 0.1) is 9.13 Å². The van der Waals surface area contributed by atoms with Crippen LogP contribution in [0.5, 0.6) is 5.75 Å². The lowest BCUT2D eigenvalue weighted by Crippen LogP contribution is -2.54. The van der Waals surface area contributed by atoms with E-state index in [-0.39, 0.29) is 3.57 Å². The van der Waals surface area contributed by atoms with Gasteiger partial charge in [0.2, 0.25) is 5.41 Å². The molecular formula is C22H16F8I2O5. The zero-order valence-electron chi connectivity index (χ0n) is 18.5. The van der Waals surface area contributed by atoms with Crippen molar-refractivity contribution in [2.75, 3.05) is 0 Å². The number of carboxylic acids is 1. The van der Waals surface area contributed by atoms with Crippen LogP contribution in [0.3, 0.4) is 0 Å². The summed E-state index contributed by atoms with van der Waals surface area (Å²) in [5, 5.41) is 18.4. The number of halogens is 10. The zero-order valence-corrected chi connectivity index (χ0v) is 22.8. The highest BCUT2D eigenvalue weighted by molar-refractivity contribution is 14.1. The third-order valence-electron chi connectivity index (χ3n) is 5.34. The molecule has 0 heterocycles. The molecule has 0 amide bonds. The van der Waals surface area contributed by atoms with Gasteiger partial charge in [-0.3, -0.25) is 0 Å². The van der Waals surface area contributed by atoms with Crippen molar-refractivity contribution in [3.8, 4) is 5.75 Å². The van der Waals surface area contributed by atoms with Gasteiger partial charge in [-0.1, -0.05) is 26.0 Å². The first-order valence-electron chi connectivity index (χ1n) is 9.94. The van der Waals surface area contributed by atoms with Crippen molar-refractivity contribution < 1.29 is 59.7 Å². The maximum absolute atomic E-state index is 14.3. The molecule has 0 aliphatic rings. The summed E-state index contributed by atoms with van der Waals surface area (Å²) in [6.45, 7) is 2.26. The molecule has 1 unspecified atom stereocenters. The smallest absolute Gasteiger partial charge is 0.411 e. The molecule has 0 saturated carbocycles. The number of carboxylic acid groups (broad SMARTS) is 1. The Bertz CT molecular complexity index is 1180. The standard InChI is InChI=1S/C22H16F8I2O5/c1-9(2)16(20(23,24)18(35)36)37-17(34)12-5-3-10(7-13(12)31)19(21(25,26)27,22(28,29)30)11-4-6-15(33)14(32)8-11/h3-9,16,33H,1-2H3,(H,35,36). The number of hydrogen-bond donors (Lipinski definition) is 2. The number of hydrogen-bond acceptors (Lipinski definition) is 4. The first-order chi connectivity index (χ1) is 16.7. The summed E-state index contributed by atoms with van der Waals surface area (Å²) in [6.07, 6.45) is -14.4. The van der Waals surface area contributed by atoms with Crippen LogP contribution in [0.4, 0.5) is 35.1 Å². The fraction of sp³-hybridized carbons (Fsp3) is 0.364. The third-order valence-corrected chi connectivity index (χ3v) is 7.09. The molecule has 204 valence electrons. The normalized spacial score (nSPS) is 14.0. The van der Waals surface area contributed by atoms with Gasteiger partial charge in [-0.15, -0.1) is 0 Å². The molecule has 2 N–H and O–H groups in total. The molecule has 2 aromatic carbocycles. The minimum absolute atomic E-state index is 0.290. The highest BCUT2D eigenvalue weighted by Crippen LogP contribution is 2.56. The minimum Gasteiger partial charge on any atom is -0.507 e. The summed E-state index contributed by atoms with van der Waals surface area (Å²) in [4.78, 5) is 23.4. The van der Waals surface area contributed by atoms with E-state index in [0.29, 0.717) is 36.4 Å². The summed E-state index contributed by atoms with van der Waals surface area (Å²) in [6, 6.07) is 2.99. The van der Waals surface area contributed by atoms with Gasteiger partial charge in [0.15, 0.2) is 6.10 Å². The summed E-state index contributed by atoms with van der Waals surface area (Å²) in [5.74, 6) is -10.4. The Morgan fingerprint density at radius 3 is 1.68 bits per heavy atom. The zero-order chi connectivity index (χ0) is 28.7. The Labute approximate surface area is 231 Å². The van der Waals surface area contributed by atoms with Crippen molar-refractivity contribution in [3.63, 3.8) is 0 Å². The summed E-state index contributed by atoms with van der Waals surface area (Å²) >= 11 is 2.61. The van der Waals surface area contributed by atoms with Gasteiger partial charge in [0, 0.05) is 3.57 Å². The van der Waals surface area contributed by atoms with Gasteiger partial charge in [0.25, 0.3) is 0 Å². The van der Waals surface area contributed by atoms with Crippen molar-refractivity contribution in [3.05, 3.63) is 60.2 Å². The number of aliphatic carboxylic acids is 1. The maximum atomic E-state index is 14.3. The highest BCUT2D eigenvalue weighted by Gasteiger charge is 2.72. The predicted molar refractivity (Wildman–Crippen MR) is 129 cm³/mol.